The first-order chi connectivity index (χ1) is 19.6. The Morgan fingerprint density at radius 1 is 0.951 bits per heavy atom. The zero-order valence-electron chi connectivity index (χ0n) is 24.8. The van der Waals surface area contributed by atoms with E-state index in [0.717, 1.165) is 12.1 Å². The van der Waals surface area contributed by atoms with Crippen LogP contribution in [0.25, 0.3) is 0 Å². The highest BCUT2D eigenvalue weighted by molar-refractivity contribution is 7.90. The molecule has 2 aromatic carbocycles. The molecular formula is C32H47N3O5S. The molecule has 0 aromatic heterocycles. The molecule has 2 saturated carbocycles. The van der Waals surface area contributed by atoms with Gasteiger partial charge in [-0.25, -0.2) is 0 Å². The minimum absolute atomic E-state index is 0.0109. The molecule has 0 heterocycles. The van der Waals surface area contributed by atoms with Gasteiger partial charge in [0.05, 0.1) is 11.5 Å². The van der Waals surface area contributed by atoms with Gasteiger partial charge in [0.15, 0.2) is 0 Å². The van der Waals surface area contributed by atoms with E-state index in [0.29, 0.717) is 34.4 Å². The first-order valence-corrected chi connectivity index (χ1v) is 16.4. The van der Waals surface area contributed by atoms with E-state index in [2.05, 4.69) is 9.71 Å². The van der Waals surface area contributed by atoms with Crippen molar-refractivity contribution in [3.63, 3.8) is 0 Å². The van der Waals surface area contributed by atoms with E-state index in [1.54, 1.807) is 57.2 Å². The molecule has 0 amide bonds. The molecule has 2 fully saturated rings. The van der Waals surface area contributed by atoms with Gasteiger partial charge in [0, 0.05) is 24.1 Å². The fraction of sp³-hybridized carbons (Fsp3) is 0.562. The van der Waals surface area contributed by atoms with Gasteiger partial charge < -0.3 is 20.9 Å². The summed E-state index contributed by atoms with van der Waals surface area (Å²) >= 11 is 0. The quantitative estimate of drug-likeness (QED) is 0.172. The van der Waals surface area contributed by atoms with Crippen molar-refractivity contribution in [2.75, 3.05) is 6.61 Å². The van der Waals surface area contributed by atoms with Gasteiger partial charge >= 0.3 is 5.97 Å². The van der Waals surface area contributed by atoms with Gasteiger partial charge in [-0.15, -0.1) is 4.40 Å². The largest absolute Gasteiger partial charge is 0.493 e. The number of aryl methyl sites for hydroxylation is 1. The lowest BCUT2D eigenvalue weighted by atomic mass is 9.91. The van der Waals surface area contributed by atoms with Crippen LogP contribution in [-0.4, -0.2) is 44.0 Å². The van der Waals surface area contributed by atoms with Crippen molar-refractivity contribution in [3.05, 3.63) is 58.7 Å². The second kappa shape index (κ2) is 15.9. The number of sulfonamides is 1. The predicted molar refractivity (Wildman–Crippen MR) is 164 cm³/mol. The molecule has 0 radical (unpaired) electrons. The molecule has 9 heteroatoms. The number of rotatable bonds is 10. The fourth-order valence-electron chi connectivity index (χ4n) is 5.68. The first kappa shape index (κ1) is 32.6. The Kier molecular flexibility index (Phi) is 12.7. The molecule has 226 valence electrons. The molecule has 0 saturated heterocycles. The molecule has 2 aliphatic rings. The Hall–Kier alpha value is -2.91. The highest BCUT2D eigenvalue weighted by Gasteiger charge is 2.23. The number of hydrogen-bond donors (Lipinski definition) is 3. The number of nitrogens with one attached hydrogen (secondary N) is 1. The maximum Gasteiger partial charge on any atom is 0.303 e. The topological polar surface area (TPSA) is 131 Å². The Bertz CT molecular complexity index is 1250. The summed E-state index contributed by atoms with van der Waals surface area (Å²) in [7, 11) is -4.01. The average Bonchev–Trinajstić information content (AvgIpc) is 2.95. The van der Waals surface area contributed by atoms with Crippen LogP contribution in [0.2, 0.25) is 0 Å². The molecule has 0 bridgehead atoms. The number of carbonyl (C=O) groups is 1. The number of benzene rings is 2. The fourth-order valence-corrected chi connectivity index (χ4v) is 7.14. The van der Waals surface area contributed by atoms with Crippen molar-refractivity contribution < 1.29 is 23.1 Å². The first-order valence-electron chi connectivity index (χ1n) is 15.0. The number of carboxylic acid groups (broad SMARTS) is 1. The summed E-state index contributed by atoms with van der Waals surface area (Å²) in [5.41, 5.74) is 8.09. The Morgan fingerprint density at radius 2 is 1.51 bits per heavy atom. The Morgan fingerprint density at radius 3 is 2.05 bits per heavy atom. The van der Waals surface area contributed by atoms with Crippen molar-refractivity contribution in [1.82, 2.24) is 5.32 Å². The molecule has 0 spiro atoms. The molecular weight excluding hydrogens is 538 g/mol. The summed E-state index contributed by atoms with van der Waals surface area (Å²) in [6.45, 7) is 5.34. The number of carboxylic acids is 1. The van der Waals surface area contributed by atoms with E-state index in [1.807, 2.05) is 0 Å². The van der Waals surface area contributed by atoms with Crippen molar-refractivity contribution in [2.24, 2.45) is 10.1 Å². The number of nitrogens with two attached hydrogens (primary N) is 1. The SMILES string of the molecule is C1CCC(NC2CCCCC2)CC1.Cc1cc(OCCCC(=O)O)c(C)c(C)c1S(=O)(=O)N=C(N)c1ccccc1. The molecule has 2 aromatic rings. The molecule has 8 nitrogen and oxygen atoms in total. The maximum atomic E-state index is 12.9. The van der Waals surface area contributed by atoms with E-state index in [-0.39, 0.29) is 23.8 Å². The molecule has 0 unspecified atom stereocenters. The molecule has 4 N–H and O–H groups in total. The van der Waals surface area contributed by atoms with Crippen molar-refractivity contribution in [2.45, 2.75) is 115 Å². The number of ether oxygens (including phenoxy) is 1. The molecule has 41 heavy (non-hydrogen) atoms. The van der Waals surface area contributed by atoms with Crippen LogP contribution in [-0.2, 0) is 14.8 Å². The summed E-state index contributed by atoms with van der Waals surface area (Å²) in [6, 6.07) is 12.1. The van der Waals surface area contributed by atoms with Crippen molar-refractivity contribution in [1.29, 1.82) is 0 Å². The van der Waals surface area contributed by atoms with E-state index < -0.39 is 16.0 Å². The van der Waals surface area contributed by atoms with E-state index in [4.69, 9.17) is 15.6 Å². The average molecular weight is 586 g/mol. The summed E-state index contributed by atoms with van der Waals surface area (Å²) in [5, 5.41) is 12.5. The van der Waals surface area contributed by atoms with Crippen LogP contribution in [0.3, 0.4) is 0 Å². The lowest BCUT2D eigenvalue weighted by Crippen LogP contribution is -2.40. The molecule has 0 aliphatic heterocycles. The van der Waals surface area contributed by atoms with Crippen molar-refractivity contribution >= 4 is 21.8 Å². The number of nitrogens with zero attached hydrogens (tertiary/aromatic N) is 1. The van der Waals surface area contributed by atoms with Gasteiger partial charge in [-0.05, 0) is 75.6 Å². The third-order valence-electron chi connectivity index (χ3n) is 8.00. The Labute approximate surface area is 245 Å². The summed E-state index contributed by atoms with van der Waals surface area (Å²) < 4.78 is 35.2. The van der Waals surface area contributed by atoms with Crippen molar-refractivity contribution in [3.8, 4) is 5.75 Å². The summed E-state index contributed by atoms with van der Waals surface area (Å²) in [6.07, 6.45) is 14.9. The van der Waals surface area contributed by atoms with Gasteiger partial charge in [-0.1, -0.05) is 68.9 Å². The lowest BCUT2D eigenvalue weighted by Gasteiger charge is -2.30. The standard InChI is InChI=1S/C20H24N2O5S.C12H23N/c1-13-12-17(27-11-7-10-18(23)24)14(2)15(3)19(13)28(25,26)22-20(21)16-8-5-4-6-9-16;1-3-7-11(8-4-1)13-12-9-5-2-6-10-12/h4-6,8-9,12H,7,10-11H2,1-3H3,(H2,21,22)(H,23,24);11-13H,1-10H2. The monoisotopic (exact) mass is 585 g/mol. The van der Waals surface area contributed by atoms with Gasteiger partial charge in [-0.2, -0.15) is 8.42 Å². The lowest BCUT2D eigenvalue weighted by molar-refractivity contribution is -0.137. The van der Waals surface area contributed by atoms with Crippen LogP contribution < -0.4 is 15.8 Å². The van der Waals surface area contributed by atoms with Crippen LogP contribution >= 0.6 is 0 Å². The van der Waals surface area contributed by atoms with Gasteiger partial charge in [0.25, 0.3) is 10.0 Å². The second-order valence-corrected chi connectivity index (χ2v) is 12.8. The number of hydrogen-bond acceptors (Lipinski definition) is 5. The zero-order valence-corrected chi connectivity index (χ0v) is 25.6. The van der Waals surface area contributed by atoms with Gasteiger partial charge in [0.1, 0.15) is 11.6 Å². The van der Waals surface area contributed by atoms with Crippen LogP contribution in [0, 0.1) is 20.8 Å². The number of aliphatic carboxylic acids is 1. The molecule has 2 aliphatic carbocycles. The Balaban J connectivity index is 0.000000294. The minimum atomic E-state index is -4.01. The zero-order chi connectivity index (χ0) is 29.8. The van der Waals surface area contributed by atoms with Crippen LogP contribution in [0.1, 0.15) is 99.3 Å². The smallest absolute Gasteiger partial charge is 0.303 e. The third-order valence-corrected chi connectivity index (χ3v) is 9.58. The van der Waals surface area contributed by atoms with Crippen LogP contribution in [0.15, 0.2) is 45.7 Å². The van der Waals surface area contributed by atoms with E-state index in [1.165, 1.54) is 64.2 Å². The van der Waals surface area contributed by atoms with E-state index >= 15 is 0 Å². The highest BCUT2D eigenvalue weighted by atomic mass is 32.2. The molecule has 0 atom stereocenters. The van der Waals surface area contributed by atoms with Crippen LogP contribution in [0.4, 0.5) is 0 Å². The maximum absolute atomic E-state index is 12.9. The number of amidine groups is 1. The summed E-state index contributed by atoms with van der Waals surface area (Å²) in [5.74, 6) is -0.437. The third kappa shape index (κ3) is 10.1. The molecule has 4 rings (SSSR count). The van der Waals surface area contributed by atoms with Gasteiger partial charge in [-0.3, -0.25) is 4.79 Å². The summed E-state index contributed by atoms with van der Waals surface area (Å²) in [4.78, 5) is 10.7. The van der Waals surface area contributed by atoms with Crippen LogP contribution in [0.5, 0.6) is 5.75 Å². The second-order valence-electron chi connectivity index (χ2n) is 11.3. The highest BCUT2D eigenvalue weighted by Crippen LogP contribution is 2.32. The minimum Gasteiger partial charge on any atom is -0.493 e. The van der Waals surface area contributed by atoms with E-state index in [9.17, 15) is 13.2 Å². The predicted octanol–water partition coefficient (Wildman–Crippen LogP) is 6.19. The normalized spacial score (nSPS) is 17.0. The van der Waals surface area contributed by atoms with Gasteiger partial charge in [0.2, 0.25) is 0 Å².